The number of furan rings is 1. The summed E-state index contributed by atoms with van der Waals surface area (Å²) in [6.07, 6.45) is 3.29. The summed E-state index contributed by atoms with van der Waals surface area (Å²) < 4.78 is 20.2. The summed E-state index contributed by atoms with van der Waals surface area (Å²) in [4.78, 5) is 12.3. The van der Waals surface area contributed by atoms with Crippen molar-refractivity contribution < 1.29 is 13.6 Å². The standard InChI is InChI=1S/C19H19FN4O2S/c1-3-10-24-17(14-6-8-15(20)9-7-14)22-23-19(24)27-13(2)18(25)21-12-16-5-4-11-26-16/h3-9,11,13H,1,10,12H2,2H3,(H,21,25)/t13-/m1/s1. The van der Waals surface area contributed by atoms with Crippen LogP contribution in [0.25, 0.3) is 11.4 Å². The van der Waals surface area contributed by atoms with Gasteiger partial charge in [-0.2, -0.15) is 0 Å². The van der Waals surface area contributed by atoms with Crippen molar-refractivity contribution in [3.8, 4) is 11.4 Å². The Bertz CT molecular complexity index is 906. The number of aromatic nitrogens is 3. The van der Waals surface area contributed by atoms with Gasteiger partial charge < -0.3 is 9.73 Å². The zero-order valence-electron chi connectivity index (χ0n) is 14.8. The van der Waals surface area contributed by atoms with Crippen LogP contribution in [-0.4, -0.2) is 25.9 Å². The van der Waals surface area contributed by atoms with E-state index in [2.05, 4.69) is 22.1 Å². The third-order valence-electron chi connectivity index (χ3n) is 3.80. The van der Waals surface area contributed by atoms with E-state index in [-0.39, 0.29) is 17.0 Å². The van der Waals surface area contributed by atoms with Crippen molar-refractivity contribution in [1.82, 2.24) is 20.1 Å². The van der Waals surface area contributed by atoms with Crippen LogP contribution in [0.3, 0.4) is 0 Å². The molecule has 0 unspecified atom stereocenters. The first-order valence-corrected chi connectivity index (χ1v) is 9.23. The molecule has 3 rings (SSSR count). The highest BCUT2D eigenvalue weighted by Gasteiger charge is 2.20. The Morgan fingerprint density at radius 1 is 1.37 bits per heavy atom. The number of carbonyl (C=O) groups is 1. The maximum absolute atomic E-state index is 13.2. The van der Waals surface area contributed by atoms with Gasteiger partial charge in [-0.05, 0) is 43.3 Å². The van der Waals surface area contributed by atoms with Crippen molar-refractivity contribution in [1.29, 1.82) is 0 Å². The molecular formula is C19H19FN4O2S. The van der Waals surface area contributed by atoms with Crippen molar-refractivity contribution in [2.75, 3.05) is 0 Å². The molecule has 8 heteroatoms. The van der Waals surface area contributed by atoms with E-state index in [0.29, 0.717) is 29.8 Å². The van der Waals surface area contributed by atoms with Gasteiger partial charge in [0.25, 0.3) is 0 Å². The van der Waals surface area contributed by atoms with Gasteiger partial charge in [-0.3, -0.25) is 9.36 Å². The van der Waals surface area contributed by atoms with Crippen LogP contribution >= 0.6 is 11.8 Å². The predicted octanol–water partition coefficient (Wildman–Crippen LogP) is 3.66. The lowest BCUT2D eigenvalue weighted by molar-refractivity contribution is -0.120. The topological polar surface area (TPSA) is 73.0 Å². The Balaban J connectivity index is 1.72. The van der Waals surface area contributed by atoms with Crippen molar-refractivity contribution in [2.24, 2.45) is 0 Å². The Labute approximate surface area is 160 Å². The van der Waals surface area contributed by atoms with Crippen molar-refractivity contribution in [3.05, 3.63) is 66.9 Å². The number of nitrogens with zero attached hydrogens (tertiary/aromatic N) is 3. The normalized spacial score (nSPS) is 11.9. The second-order valence-electron chi connectivity index (χ2n) is 5.77. The molecule has 1 aromatic carbocycles. The summed E-state index contributed by atoms with van der Waals surface area (Å²) in [7, 11) is 0. The van der Waals surface area contributed by atoms with Crippen LogP contribution in [0.2, 0.25) is 0 Å². The van der Waals surface area contributed by atoms with Crippen LogP contribution in [-0.2, 0) is 17.9 Å². The molecule has 2 heterocycles. The van der Waals surface area contributed by atoms with Gasteiger partial charge in [0.2, 0.25) is 5.91 Å². The maximum atomic E-state index is 13.2. The number of nitrogens with one attached hydrogen (secondary N) is 1. The van der Waals surface area contributed by atoms with Crippen molar-refractivity contribution in [2.45, 2.75) is 30.4 Å². The minimum absolute atomic E-state index is 0.132. The molecule has 0 fully saturated rings. The molecule has 0 bridgehead atoms. The van der Waals surface area contributed by atoms with E-state index in [1.54, 1.807) is 43.5 Å². The average molecular weight is 386 g/mol. The van der Waals surface area contributed by atoms with Crippen LogP contribution in [0, 0.1) is 5.82 Å². The summed E-state index contributed by atoms with van der Waals surface area (Å²) in [6.45, 7) is 6.37. The SMILES string of the molecule is C=CCn1c(S[C@H](C)C(=O)NCc2ccco2)nnc1-c1ccc(F)cc1. The van der Waals surface area contributed by atoms with E-state index >= 15 is 0 Å². The molecule has 1 amide bonds. The van der Waals surface area contributed by atoms with E-state index in [4.69, 9.17) is 4.42 Å². The maximum Gasteiger partial charge on any atom is 0.233 e. The lowest BCUT2D eigenvalue weighted by Gasteiger charge is -2.12. The van der Waals surface area contributed by atoms with Gasteiger partial charge in [0.15, 0.2) is 11.0 Å². The monoisotopic (exact) mass is 386 g/mol. The second kappa shape index (κ2) is 8.68. The molecular weight excluding hydrogens is 367 g/mol. The number of rotatable bonds is 8. The van der Waals surface area contributed by atoms with E-state index in [1.807, 2.05) is 4.57 Å². The molecule has 1 N–H and O–H groups in total. The van der Waals surface area contributed by atoms with Gasteiger partial charge >= 0.3 is 0 Å². The van der Waals surface area contributed by atoms with Crippen LogP contribution in [0.4, 0.5) is 4.39 Å². The number of hydrogen-bond acceptors (Lipinski definition) is 5. The smallest absolute Gasteiger partial charge is 0.233 e. The van der Waals surface area contributed by atoms with E-state index in [0.717, 1.165) is 5.56 Å². The number of carbonyl (C=O) groups excluding carboxylic acids is 1. The van der Waals surface area contributed by atoms with Crippen LogP contribution < -0.4 is 5.32 Å². The summed E-state index contributed by atoms with van der Waals surface area (Å²) >= 11 is 1.30. The Kier molecular flexibility index (Phi) is 6.08. The van der Waals surface area contributed by atoms with Crippen LogP contribution in [0.15, 0.2) is 64.9 Å². The first-order valence-electron chi connectivity index (χ1n) is 8.35. The summed E-state index contributed by atoms with van der Waals surface area (Å²) in [5, 5.41) is 11.5. The third kappa shape index (κ3) is 4.65. The number of thioether (sulfide) groups is 1. The van der Waals surface area contributed by atoms with Gasteiger partial charge in [-0.15, -0.1) is 16.8 Å². The van der Waals surface area contributed by atoms with Crippen LogP contribution in [0.5, 0.6) is 0 Å². The first kappa shape index (κ1) is 18.9. The quantitative estimate of drug-likeness (QED) is 0.472. The van der Waals surface area contributed by atoms with Gasteiger partial charge in [-0.25, -0.2) is 4.39 Å². The second-order valence-corrected chi connectivity index (χ2v) is 7.08. The lowest BCUT2D eigenvalue weighted by atomic mass is 10.2. The molecule has 0 radical (unpaired) electrons. The van der Waals surface area contributed by atoms with Gasteiger partial charge in [0.05, 0.1) is 18.1 Å². The summed E-state index contributed by atoms with van der Waals surface area (Å²) in [5.41, 5.74) is 0.743. The highest BCUT2D eigenvalue weighted by Crippen LogP contribution is 2.27. The molecule has 6 nitrogen and oxygen atoms in total. The zero-order chi connectivity index (χ0) is 19.2. The Morgan fingerprint density at radius 2 is 2.15 bits per heavy atom. The molecule has 2 aromatic heterocycles. The zero-order valence-corrected chi connectivity index (χ0v) is 15.6. The molecule has 0 saturated heterocycles. The minimum Gasteiger partial charge on any atom is -0.467 e. The van der Waals surface area contributed by atoms with Crippen molar-refractivity contribution in [3.63, 3.8) is 0 Å². The molecule has 0 aliphatic heterocycles. The van der Waals surface area contributed by atoms with Crippen LogP contribution in [0.1, 0.15) is 12.7 Å². The highest BCUT2D eigenvalue weighted by atomic mass is 32.2. The Morgan fingerprint density at radius 3 is 2.81 bits per heavy atom. The number of halogens is 1. The fourth-order valence-corrected chi connectivity index (χ4v) is 3.31. The first-order chi connectivity index (χ1) is 13.1. The average Bonchev–Trinajstić information content (AvgIpc) is 3.31. The number of allylic oxidation sites excluding steroid dienone is 1. The molecule has 140 valence electrons. The molecule has 0 aliphatic rings. The van der Waals surface area contributed by atoms with Gasteiger partial charge in [-0.1, -0.05) is 17.8 Å². The van der Waals surface area contributed by atoms with E-state index in [9.17, 15) is 9.18 Å². The number of hydrogen-bond donors (Lipinski definition) is 1. The molecule has 1 atom stereocenters. The number of benzene rings is 1. The fraction of sp³-hybridized carbons (Fsp3) is 0.211. The Hall–Kier alpha value is -2.87. The molecule has 27 heavy (non-hydrogen) atoms. The van der Waals surface area contributed by atoms with E-state index < -0.39 is 0 Å². The fourth-order valence-electron chi connectivity index (χ4n) is 2.42. The van der Waals surface area contributed by atoms with E-state index in [1.165, 1.54) is 23.9 Å². The highest BCUT2D eigenvalue weighted by molar-refractivity contribution is 8.00. The molecule has 0 spiro atoms. The van der Waals surface area contributed by atoms with Gasteiger partial charge in [0.1, 0.15) is 11.6 Å². The third-order valence-corrected chi connectivity index (χ3v) is 4.88. The predicted molar refractivity (Wildman–Crippen MR) is 101 cm³/mol. The minimum atomic E-state index is -0.381. The largest absolute Gasteiger partial charge is 0.467 e. The molecule has 0 saturated carbocycles. The number of amides is 1. The lowest BCUT2D eigenvalue weighted by Crippen LogP contribution is -2.30. The molecule has 3 aromatic rings. The molecule has 0 aliphatic carbocycles. The van der Waals surface area contributed by atoms with Gasteiger partial charge in [0, 0.05) is 12.1 Å². The van der Waals surface area contributed by atoms with Crippen molar-refractivity contribution >= 4 is 17.7 Å². The summed E-state index contributed by atoms with van der Waals surface area (Å²) in [5.74, 6) is 0.840. The summed E-state index contributed by atoms with van der Waals surface area (Å²) in [6, 6.07) is 9.61.